The van der Waals surface area contributed by atoms with Gasteiger partial charge in [0.1, 0.15) is 5.82 Å². The molecule has 1 aromatic carbocycles. The zero-order valence-corrected chi connectivity index (χ0v) is 17.8. The number of benzene rings is 1. The standard InChI is InChI=1S/C23H24FN5O2/c1-14-21(24)17(10-18-22(14)26-13-29(18)12-23(2,3)31)27-19-6-5-16(11-25-19)15-7-8-28(4)20(30)9-15/h5-11,13,31H,12H2,1-4H3,(H,25,27). The fraction of sp³-hybridized carbons (Fsp3) is 0.261. The van der Waals surface area contributed by atoms with Gasteiger partial charge in [0.15, 0.2) is 5.82 Å². The molecule has 31 heavy (non-hydrogen) atoms. The van der Waals surface area contributed by atoms with Crippen LogP contribution in [0.4, 0.5) is 15.9 Å². The first-order valence-corrected chi connectivity index (χ1v) is 9.89. The molecule has 0 spiro atoms. The van der Waals surface area contributed by atoms with Crippen LogP contribution in [0.5, 0.6) is 0 Å². The van der Waals surface area contributed by atoms with Crippen molar-refractivity contribution in [2.24, 2.45) is 7.05 Å². The van der Waals surface area contributed by atoms with E-state index >= 15 is 0 Å². The highest BCUT2D eigenvalue weighted by Crippen LogP contribution is 2.30. The van der Waals surface area contributed by atoms with E-state index in [1.807, 2.05) is 12.1 Å². The maximum atomic E-state index is 15.0. The molecule has 7 nitrogen and oxygen atoms in total. The third-order valence-electron chi connectivity index (χ3n) is 5.10. The lowest BCUT2D eigenvalue weighted by Crippen LogP contribution is -2.25. The second-order valence-corrected chi connectivity index (χ2v) is 8.34. The number of aromatic nitrogens is 4. The molecule has 0 amide bonds. The number of hydrogen-bond acceptors (Lipinski definition) is 5. The Morgan fingerprint density at radius 3 is 2.58 bits per heavy atom. The number of rotatable bonds is 5. The number of hydrogen-bond donors (Lipinski definition) is 2. The van der Waals surface area contributed by atoms with Gasteiger partial charge in [-0.05, 0) is 50.6 Å². The summed E-state index contributed by atoms with van der Waals surface area (Å²) in [6.45, 7) is 5.43. The van der Waals surface area contributed by atoms with Gasteiger partial charge in [0.25, 0.3) is 5.56 Å². The summed E-state index contributed by atoms with van der Waals surface area (Å²) in [5.74, 6) is 0.0669. The zero-order valence-electron chi connectivity index (χ0n) is 17.8. The van der Waals surface area contributed by atoms with Crippen molar-refractivity contribution in [3.05, 3.63) is 70.8 Å². The second kappa shape index (κ2) is 7.63. The molecule has 3 aromatic heterocycles. The third kappa shape index (κ3) is 4.20. The largest absolute Gasteiger partial charge is 0.389 e. The molecule has 0 radical (unpaired) electrons. The number of aryl methyl sites for hydroxylation is 2. The van der Waals surface area contributed by atoms with Gasteiger partial charge >= 0.3 is 0 Å². The van der Waals surface area contributed by atoms with Crippen LogP contribution in [0.2, 0.25) is 0 Å². The van der Waals surface area contributed by atoms with Crippen LogP contribution in [0, 0.1) is 12.7 Å². The van der Waals surface area contributed by atoms with Crippen LogP contribution in [-0.2, 0) is 13.6 Å². The van der Waals surface area contributed by atoms with Crippen molar-refractivity contribution < 1.29 is 9.50 Å². The number of halogens is 1. The smallest absolute Gasteiger partial charge is 0.250 e. The van der Waals surface area contributed by atoms with E-state index in [-0.39, 0.29) is 11.2 Å². The highest BCUT2D eigenvalue weighted by atomic mass is 19.1. The highest BCUT2D eigenvalue weighted by Gasteiger charge is 2.19. The highest BCUT2D eigenvalue weighted by molar-refractivity contribution is 5.84. The number of nitrogens with one attached hydrogen (secondary N) is 1. The third-order valence-corrected chi connectivity index (χ3v) is 5.10. The lowest BCUT2D eigenvalue weighted by atomic mass is 10.1. The Hall–Kier alpha value is -3.52. The van der Waals surface area contributed by atoms with Gasteiger partial charge in [-0.2, -0.15) is 0 Å². The molecule has 0 aliphatic heterocycles. The van der Waals surface area contributed by atoms with Crippen LogP contribution in [0.1, 0.15) is 19.4 Å². The molecule has 4 rings (SSSR count). The van der Waals surface area contributed by atoms with Gasteiger partial charge in [0.2, 0.25) is 0 Å². The van der Waals surface area contributed by atoms with Crippen molar-refractivity contribution in [1.82, 2.24) is 19.1 Å². The molecule has 0 saturated carbocycles. The summed E-state index contributed by atoms with van der Waals surface area (Å²) in [4.78, 5) is 20.5. The summed E-state index contributed by atoms with van der Waals surface area (Å²) >= 11 is 0. The molecule has 0 bridgehead atoms. The molecular weight excluding hydrogens is 397 g/mol. The van der Waals surface area contributed by atoms with E-state index in [1.54, 1.807) is 69.3 Å². The molecule has 3 heterocycles. The van der Waals surface area contributed by atoms with E-state index in [1.165, 1.54) is 4.57 Å². The van der Waals surface area contributed by atoms with E-state index in [2.05, 4.69) is 15.3 Å². The first kappa shape index (κ1) is 20.7. The van der Waals surface area contributed by atoms with Crippen molar-refractivity contribution in [2.75, 3.05) is 5.32 Å². The second-order valence-electron chi connectivity index (χ2n) is 8.34. The van der Waals surface area contributed by atoms with Crippen molar-refractivity contribution in [3.8, 4) is 11.1 Å². The Morgan fingerprint density at radius 1 is 1.16 bits per heavy atom. The van der Waals surface area contributed by atoms with Gasteiger partial charge < -0.3 is 19.6 Å². The first-order valence-electron chi connectivity index (χ1n) is 9.89. The van der Waals surface area contributed by atoms with Crippen LogP contribution in [0.25, 0.3) is 22.2 Å². The number of imidazole rings is 1. The first-order chi connectivity index (χ1) is 14.6. The number of anilines is 2. The predicted molar refractivity (Wildman–Crippen MR) is 119 cm³/mol. The molecule has 0 unspecified atom stereocenters. The van der Waals surface area contributed by atoms with Gasteiger partial charge in [-0.15, -0.1) is 0 Å². The fourth-order valence-corrected chi connectivity index (χ4v) is 3.48. The Kier molecular flexibility index (Phi) is 5.10. The Bertz CT molecular complexity index is 1320. The maximum absolute atomic E-state index is 15.0. The average molecular weight is 421 g/mol. The molecule has 0 atom stereocenters. The number of nitrogens with zero attached hydrogens (tertiary/aromatic N) is 4. The molecule has 4 aromatic rings. The lowest BCUT2D eigenvalue weighted by Gasteiger charge is -2.18. The Balaban J connectivity index is 1.66. The molecule has 2 N–H and O–H groups in total. The molecule has 0 aliphatic rings. The topological polar surface area (TPSA) is 85.0 Å². The number of fused-ring (bicyclic) bond motifs is 1. The van der Waals surface area contributed by atoms with E-state index in [4.69, 9.17) is 0 Å². The zero-order chi connectivity index (χ0) is 22.3. The number of pyridine rings is 2. The maximum Gasteiger partial charge on any atom is 0.250 e. The fourth-order valence-electron chi connectivity index (χ4n) is 3.48. The quantitative estimate of drug-likeness (QED) is 0.513. The summed E-state index contributed by atoms with van der Waals surface area (Å²) < 4.78 is 18.3. The summed E-state index contributed by atoms with van der Waals surface area (Å²) in [5.41, 5.74) is 2.50. The minimum atomic E-state index is -0.931. The summed E-state index contributed by atoms with van der Waals surface area (Å²) in [6.07, 6.45) is 4.95. The van der Waals surface area contributed by atoms with Gasteiger partial charge in [-0.1, -0.05) is 0 Å². The van der Waals surface area contributed by atoms with Crippen LogP contribution in [0.15, 0.2) is 53.8 Å². The summed E-state index contributed by atoms with van der Waals surface area (Å²) in [7, 11) is 1.69. The minimum absolute atomic E-state index is 0.104. The molecule has 8 heteroatoms. The molecule has 160 valence electrons. The number of aliphatic hydroxyl groups is 1. The van der Waals surface area contributed by atoms with Crippen molar-refractivity contribution >= 4 is 22.5 Å². The van der Waals surface area contributed by atoms with Gasteiger partial charge in [0.05, 0.1) is 35.2 Å². The van der Waals surface area contributed by atoms with E-state index in [0.29, 0.717) is 23.4 Å². The summed E-state index contributed by atoms with van der Waals surface area (Å²) in [6, 6.07) is 8.62. The van der Waals surface area contributed by atoms with Crippen molar-refractivity contribution in [1.29, 1.82) is 0 Å². The van der Waals surface area contributed by atoms with E-state index in [9.17, 15) is 14.3 Å². The molecular formula is C23H24FN5O2. The SMILES string of the molecule is Cc1c(F)c(Nc2ccc(-c3ccn(C)c(=O)c3)cn2)cc2c1ncn2CC(C)(C)O. The molecule has 0 saturated heterocycles. The van der Waals surface area contributed by atoms with Crippen LogP contribution in [-0.4, -0.2) is 29.8 Å². The van der Waals surface area contributed by atoms with Crippen molar-refractivity contribution in [3.63, 3.8) is 0 Å². The van der Waals surface area contributed by atoms with Crippen molar-refractivity contribution in [2.45, 2.75) is 32.9 Å². The van der Waals surface area contributed by atoms with E-state index in [0.717, 1.165) is 16.6 Å². The van der Waals surface area contributed by atoms with Crippen LogP contribution in [0.3, 0.4) is 0 Å². The monoisotopic (exact) mass is 421 g/mol. The molecule has 0 aliphatic carbocycles. The Morgan fingerprint density at radius 2 is 1.94 bits per heavy atom. The van der Waals surface area contributed by atoms with Crippen LogP contribution < -0.4 is 10.9 Å². The molecule has 0 fully saturated rings. The normalized spacial score (nSPS) is 11.8. The van der Waals surface area contributed by atoms with Crippen LogP contribution >= 0.6 is 0 Å². The van der Waals surface area contributed by atoms with Gasteiger partial charge in [-0.3, -0.25) is 4.79 Å². The van der Waals surface area contributed by atoms with E-state index < -0.39 is 11.4 Å². The predicted octanol–water partition coefficient (Wildman–Crippen LogP) is 3.76. The average Bonchev–Trinajstić information content (AvgIpc) is 3.09. The van der Waals surface area contributed by atoms with Gasteiger partial charge in [-0.25, -0.2) is 14.4 Å². The van der Waals surface area contributed by atoms with Gasteiger partial charge in [0, 0.05) is 36.6 Å². The Labute approximate surface area is 178 Å². The minimum Gasteiger partial charge on any atom is -0.389 e. The summed E-state index contributed by atoms with van der Waals surface area (Å²) in [5, 5.41) is 13.2. The lowest BCUT2D eigenvalue weighted by molar-refractivity contribution is 0.0626.